The van der Waals surface area contributed by atoms with Gasteiger partial charge in [-0.15, -0.1) is 0 Å². The van der Waals surface area contributed by atoms with Crippen LogP contribution < -0.4 is 10.6 Å². The minimum absolute atomic E-state index is 0.207. The number of likely N-dealkylation sites (tertiary alicyclic amines) is 1. The second kappa shape index (κ2) is 10.1. The number of nitrogens with one attached hydrogen (secondary N) is 3. The van der Waals surface area contributed by atoms with E-state index in [4.69, 9.17) is 0 Å². The van der Waals surface area contributed by atoms with E-state index in [2.05, 4.69) is 35.6 Å². The molecule has 3 aromatic heterocycles. The van der Waals surface area contributed by atoms with Crippen LogP contribution in [0.2, 0.25) is 0 Å². The van der Waals surface area contributed by atoms with Crippen LogP contribution in [0.15, 0.2) is 85.2 Å². The van der Waals surface area contributed by atoms with E-state index in [1.54, 1.807) is 29.4 Å². The summed E-state index contributed by atoms with van der Waals surface area (Å²) in [5, 5.41) is 6.14. The maximum Gasteiger partial charge on any atom is 0.272 e. The molecule has 6 rings (SSSR count). The standard InChI is InChI=1S/C28H24N8O2/c37-26(24-20(9-6-14-29-24)25-33-21-10-4-5-11-22(21)34-25)31-19-13-16-36(17-19)27(38)23-12-15-30-28(35-23)32-18-7-2-1-3-8-18/h1-12,14-15,19H,13,16-17H2,(H,31,37)(H,33,34)(H,30,32,35). The van der Waals surface area contributed by atoms with Gasteiger partial charge >= 0.3 is 0 Å². The number of nitrogens with zero attached hydrogens (tertiary/aromatic N) is 5. The fraction of sp³-hybridized carbons (Fsp3) is 0.143. The molecule has 4 heterocycles. The molecule has 2 aromatic carbocycles. The largest absolute Gasteiger partial charge is 0.346 e. The van der Waals surface area contributed by atoms with E-state index in [-0.39, 0.29) is 23.6 Å². The number of hydrogen-bond acceptors (Lipinski definition) is 7. The molecule has 38 heavy (non-hydrogen) atoms. The van der Waals surface area contributed by atoms with Crippen molar-refractivity contribution in [2.45, 2.75) is 12.5 Å². The number of amides is 2. The number of hydrogen-bond donors (Lipinski definition) is 3. The van der Waals surface area contributed by atoms with Crippen LogP contribution in [0.3, 0.4) is 0 Å². The molecule has 0 aliphatic carbocycles. The maximum absolute atomic E-state index is 13.2. The highest BCUT2D eigenvalue weighted by molar-refractivity contribution is 5.99. The smallest absolute Gasteiger partial charge is 0.272 e. The van der Waals surface area contributed by atoms with Gasteiger partial charge in [-0.2, -0.15) is 0 Å². The summed E-state index contributed by atoms with van der Waals surface area (Å²) in [5.41, 5.74) is 3.72. The fourth-order valence-corrected chi connectivity index (χ4v) is 4.52. The zero-order valence-corrected chi connectivity index (χ0v) is 20.3. The highest BCUT2D eigenvalue weighted by Crippen LogP contribution is 2.23. The van der Waals surface area contributed by atoms with Crippen LogP contribution in [0.25, 0.3) is 22.4 Å². The van der Waals surface area contributed by atoms with Crippen molar-refractivity contribution in [3.8, 4) is 11.4 Å². The van der Waals surface area contributed by atoms with Crippen molar-refractivity contribution in [3.05, 3.63) is 96.6 Å². The normalized spacial score (nSPS) is 14.9. The topological polar surface area (TPSA) is 129 Å². The molecule has 1 unspecified atom stereocenters. The van der Waals surface area contributed by atoms with E-state index >= 15 is 0 Å². The Morgan fingerprint density at radius 3 is 2.61 bits per heavy atom. The minimum atomic E-state index is -0.309. The monoisotopic (exact) mass is 504 g/mol. The quantitative estimate of drug-likeness (QED) is 0.321. The van der Waals surface area contributed by atoms with Gasteiger partial charge in [0, 0.05) is 42.8 Å². The van der Waals surface area contributed by atoms with Gasteiger partial charge in [0.15, 0.2) is 0 Å². The molecule has 3 N–H and O–H groups in total. The molecule has 0 bridgehead atoms. The SMILES string of the molecule is O=C(NC1CCN(C(=O)c2ccnc(Nc3ccccc3)n2)C1)c1ncccc1-c1nc2ccccc2[nH]1. The Labute approximate surface area is 218 Å². The molecule has 5 aromatic rings. The van der Waals surface area contributed by atoms with Crippen molar-refractivity contribution < 1.29 is 9.59 Å². The number of fused-ring (bicyclic) bond motifs is 1. The number of pyridine rings is 1. The number of benzene rings is 2. The summed E-state index contributed by atoms with van der Waals surface area (Å²) in [5.74, 6) is 0.411. The minimum Gasteiger partial charge on any atom is -0.346 e. The first-order valence-corrected chi connectivity index (χ1v) is 12.3. The van der Waals surface area contributed by atoms with Crippen LogP contribution in [0.1, 0.15) is 27.4 Å². The van der Waals surface area contributed by atoms with Crippen molar-refractivity contribution in [2.24, 2.45) is 0 Å². The number of H-pyrrole nitrogens is 1. The summed E-state index contributed by atoms with van der Waals surface area (Å²) in [6.45, 7) is 0.886. The van der Waals surface area contributed by atoms with Crippen LogP contribution in [0, 0.1) is 0 Å². The van der Waals surface area contributed by atoms with Crippen molar-refractivity contribution >= 4 is 34.5 Å². The lowest BCUT2D eigenvalue weighted by molar-refractivity contribution is 0.0777. The van der Waals surface area contributed by atoms with Crippen LogP contribution in [0.4, 0.5) is 11.6 Å². The Kier molecular flexibility index (Phi) is 6.19. The van der Waals surface area contributed by atoms with Gasteiger partial charge in [0.25, 0.3) is 11.8 Å². The second-order valence-corrected chi connectivity index (χ2v) is 8.97. The highest BCUT2D eigenvalue weighted by atomic mass is 16.2. The van der Waals surface area contributed by atoms with Gasteiger partial charge in [0.05, 0.1) is 11.0 Å². The summed E-state index contributed by atoms with van der Waals surface area (Å²) in [6.07, 6.45) is 3.77. The van der Waals surface area contributed by atoms with Gasteiger partial charge in [0.2, 0.25) is 5.95 Å². The van der Waals surface area contributed by atoms with Crippen molar-refractivity contribution in [1.29, 1.82) is 0 Å². The summed E-state index contributed by atoms with van der Waals surface area (Å²) in [6, 6.07) is 22.2. The third-order valence-corrected chi connectivity index (χ3v) is 6.38. The number of rotatable bonds is 6. The number of aromatic amines is 1. The first-order chi connectivity index (χ1) is 18.6. The van der Waals surface area contributed by atoms with Crippen LogP contribution in [0.5, 0.6) is 0 Å². The molecule has 2 amide bonds. The third kappa shape index (κ3) is 4.79. The molecule has 1 aliphatic heterocycles. The first-order valence-electron chi connectivity index (χ1n) is 12.3. The fourth-order valence-electron chi connectivity index (χ4n) is 4.52. The number of carbonyl (C=O) groups excluding carboxylic acids is 2. The van der Waals surface area contributed by atoms with Crippen molar-refractivity contribution in [2.75, 3.05) is 18.4 Å². The Hall–Kier alpha value is -5.12. The molecule has 10 heteroatoms. The van der Waals surface area contributed by atoms with Crippen LogP contribution in [-0.2, 0) is 0 Å². The maximum atomic E-state index is 13.2. The van der Waals surface area contributed by atoms with Gasteiger partial charge < -0.3 is 20.5 Å². The van der Waals surface area contributed by atoms with Gasteiger partial charge in [-0.3, -0.25) is 14.6 Å². The lowest BCUT2D eigenvalue weighted by Crippen LogP contribution is -2.39. The lowest BCUT2D eigenvalue weighted by atomic mass is 10.1. The number of carbonyl (C=O) groups is 2. The van der Waals surface area contributed by atoms with Crippen LogP contribution >= 0.6 is 0 Å². The summed E-state index contributed by atoms with van der Waals surface area (Å²) < 4.78 is 0. The molecule has 0 saturated carbocycles. The summed E-state index contributed by atoms with van der Waals surface area (Å²) in [4.78, 5) is 48.9. The zero-order valence-electron chi connectivity index (χ0n) is 20.3. The number of imidazole rings is 1. The van der Waals surface area contributed by atoms with Gasteiger partial charge in [-0.1, -0.05) is 30.3 Å². The number of anilines is 2. The zero-order chi connectivity index (χ0) is 25.9. The van der Waals surface area contributed by atoms with E-state index < -0.39 is 0 Å². The van der Waals surface area contributed by atoms with Crippen LogP contribution in [-0.4, -0.2) is 60.8 Å². The first kappa shape index (κ1) is 23.3. The van der Waals surface area contributed by atoms with Gasteiger partial charge in [-0.05, 0) is 48.9 Å². The van der Waals surface area contributed by atoms with E-state index in [1.807, 2.05) is 60.7 Å². The van der Waals surface area contributed by atoms with E-state index in [0.717, 1.165) is 16.7 Å². The van der Waals surface area contributed by atoms with Crippen molar-refractivity contribution in [3.63, 3.8) is 0 Å². The summed E-state index contributed by atoms with van der Waals surface area (Å²) >= 11 is 0. The van der Waals surface area contributed by atoms with Gasteiger partial charge in [0.1, 0.15) is 17.2 Å². The molecule has 1 atom stereocenters. The van der Waals surface area contributed by atoms with Gasteiger partial charge in [-0.25, -0.2) is 15.0 Å². The predicted molar refractivity (Wildman–Crippen MR) is 143 cm³/mol. The third-order valence-electron chi connectivity index (χ3n) is 6.38. The molecule has 0 spiro atoms. The Morgan fingerprint density at radius 1 is 0.895 bits per heavy atom. The van der Waals surface area contributed by atoms with E-state index in [9.17, 15) is 9.59 Å². The van der Waals surface area contributed by atoms with E-state index in [0.29, 0.717) is 42.5 Å². The molecule has 188 valence electrons. The van der Waals surface area contributed by atoms with E-state index in [1.165, 1.54) is 0 Å². The Balaban J connectivity index is 1.13. The molecule has 10 nitrogen and oxygen atoms in total. The summed E-state index contributed by atoms with van der Waals surface area (Å²) in [7, 11) is 0. The molecular weight excluding hydrogens is 480 g/mol. The molecule has 0 radical (unpaired) electrons. The van der Waals surface area contributed by atoms with Crippen molar-refractivity contribution in [1.82, 2.24) is 35.1 Å². The lowest BCUT2D eigenvalue weighted by Gasteiger charge is -2.17. The molecular formula is C28H24N8O2. The molecule has 1 fully saturated rings. The Morgan fingerprint density at radius 2 is 1.74 bits per heavy atom. The average Bonchev–Trinajstić information content (AvgIpc) is 3.61. The average molecular weight is 505 g/mol. The number of aromatic nitrogens is 5. The molecule has 1 saturated heterocycles. The second-order valence-electron chi connectivity index (χ2n) is 8.97. The predicted octanol–water partition coefficient (Wildman–Crippen LogP) is 3.80. The highest BCUT2D eigenvalue weighted by Gasteiger charge is 2.30. The number of para-hydroxylation sites is 3. The Bertz CT molecular complexity index is 1580. The molecule has 1 aliphatic rings.